The predicted molar refractivity (Wildman–Crippen MR) is 156 cm³/mol. The molecule has 2 aromatic heterocycles. The number of nitrogens with zero attached hydrogens (tertiary/aromatic N) is 4. The van der Waals surface area contributed by atoms with E-state index in [0.717, 1.165) is 74.0 Å². The summed E-state index contributed by atoms with van der Waals surface area (Å²) < 4.78 is 8.13. The first-order valence-corrected chi connectivity index (χ1v) is 12.2. The van der Waals surface area contributed by atoms with E-state index in [9.17, 15) is 4.79 Å². The van der Waals surface area contributed by atoms with Gasteiger partial charge in [0, 0.05) is 51.4 Å². The van der Waals surface area contributed by atoms with Crippen LogP contribution in [0.25, 0.3) is 11.2 Å². The molecule has 11 heteroatoms. The molecular formula is C24H33Br3N6O2. The third-order valence-electron chi connectivity index (χ3n) is 6.07. The van der Waals surface area contributed by atoms with E-state index in [4.69, 9.17) is 14.7 Å². The number of rotatable bonds is 8. The fourth-order valence-corrected chi connectivity index (χ4v) is 4.80. The maximum absolute atomic E-state index is 13.7. The lowest BCUT2D eigenvalue weighted by Crippen LogP contribution is -2.46. The number of pyridine rings is 1. The van der Waals surface area contributed by atoms with E-state index in [1.165, 1.54) is 0 Å². The van der Waals surface area contributed by atoms with Crippen molar-refractivity contribution in [1.29, 1.82) is 0 Å². The lowest BCUT2D eigenvalue weighted by Gasteiger charge is -2.32. The third-order valence-corrected chi connectivity index (χ3v) is 6.70. The Balaban J connectivity index is 0.00000216. The molecule has 0 saturated carbocycles. The number of halogens is 3. The Bertz CT molecular complexity index is 1180. The van der Waals surface area contributed by atoms with Crippen LogP contribution in [0.5, 0.6) is 5.75 Å². The van der Waals surface area contributed by atoms with Crippen LogP contribution in [0.2, 0.25) is 0 Å². The minimum Gasteiger partial charge on any atom is -0.497 e. The zero-order valence-corrected chi connectivity index (χ0v) is 25.3. The molecule has 2 N–H and O–H groups in total. The second kappa shape index (κ2) is 13.7. The van der Waals surface area contributed by atoms with Crippen LogP contribution in [0.4, 0.5) is 5.69 Å². The molecule has 35 heavy (non-hydrogen) atoms. The first-order chi connectivity index (χ1) is 16.1. The van der Waals surface area contributed by atoms with Gasteiger partial charge in [-0.05, 0) is 47.1 Å². The number of piperazine rings is 1. The molecule has 0 radical (unpaired) electrons. The number of anilines is 1. The molecule has 192 valence electrons. The van der Waals surface area contributed by atoms with E-state index in [0.29, 0.717) is 22.3 Å². The summed E-state index contributed by atoms with van der Waals surface area (Å²) in [5.74, 6) is 0.818. The highest BCUT2D eigenvalue weighted by Gasteiger charge is 2.24. The van der Waals surface area contributed by atoms with Crippen molar-refractivity contribution < 1.29 is 4.74 Å². The van der Waals surface area contributed by atoms with Gasteiger partial charge in [0.15, 0.2) is 11.2 Å². The van der Waals surface area contributed by atoms with Gasteiger partial charge in [-0.2, -0.15) is 0 Å². The van der Waals surface area contributed by atoms with Crippen LogP contribution in [0, 0.1) is 0 Å². The smallest absolute Gasteiger partial charge is 0.233 e. The summed E-state index contributed by atoms with van der Waals surface area (Å²) in [6.07, 6.45) is 1.45. The molecule has 0 unspecified atom stereocenters. The molecule has 1 aliphatic heterocycles. The van der Waals surface area contributed by atoms with Gasteiger partial charge in [0.25, 0.3) is 0 Å². The molecule has 0 aliphatic carbocycles. The second-order valence-electron chi connectivity index (χ2n) is 8.14. The van der Waals surface area contributed by atoms with Gasteiger partial charge in [-0.15, -0.1) is 34.0 Å². The van der Waals surface area contributed by atoms with Crippen molar-refractivity contribution in [3.8, 4) is 5.75 Å². The summed E-state index contributed by atoms with van der Waals surface area (Å²) in [6, 6.07) is 8.04. The van der Waals surface area contributed by atoms with Crippen LogP contribution in [-0.4, -0.2) is 61.4 Å². The number of likely N-dealkylation sites (N-methyl/N-ethyl adjacent to an activating group) is 1. The van der Waals surface area contributed by atoms with Gasteiger partial charge >= 0.3 is 0 Å². The molecule has 8 nitrogen and oxygen atoms in total. The molecule has 0 amide bonds. The van der Waals surface area contributed by atoms with Crippen LogP contribution >= 0.6 is 49.9 Å². The van der Waals surface area contributed by atoms with Gasteiger partial charge < -0.3 is 24.8 Å². The second-order valence-corrected chi connectivity index (χ2v) is 8.89. The minimum atomic E-state index is -0.0388. The zero-order chi connectivity index (χ0) is 23.4. The van der Waals surface area contributed by atoms with Crippen molar-refractivity contribution in [2.45, 2.75) is 26.3 Å². The molecule has 0 bridgehead atoms. The Morgan fingerprint density at radius 2 is 1.83 bits per heavy atom. The van der Waals surface area contributed by atoms with Crippen molar-refractivity contribution in [3.05, 3.63) is 56.0 Å². The van der Waals surface area contributed by atoms with Crippen LogP contribution in [0.3, 0.4) is 0 Å². The Hall–Kier alpha value is -1.53. The average molecular weight is 677 g/mol. The standard InChI is InChI=1S/C24H31BrN6O2.2BrH/c1-4-19-21(30-13-11-27-12-14-30)22(32)20-24(28-18(9-10-26-2)23(25)29-20)31(19)15-16-5-7-17(33-3)8-6-16;;/h5-8,26-27H,4,9-15H2,1-3H3;2*1H. The van der Waals surface area contributed by atoms with Crippen molar-refractivity contribution in [3.63, 3.8) is 0 Å². The van der Waals surface area contributed by atoms with E-state index in [-0.39, 0.29) is 39.4 Å². The molecule has 1 saturated heterocycles. The highest BCUT2D eigenvalue weighted by atomic mass is 79.9. The predicted octanol–water partition coefficient (Wildman–Crippen LogP) is 3.50. The Morgan fingerprint density at radius 3 is 2.43 bits per heavy atom. The number of hydrogen-bond acceptors (Lipinski definition) is 7. The molecule has 3 heterocycles. The summed E-state index contributed by atoms with van der Waals surface area (Å²) in [7, 11) is 3.58. The van der Waals surface area contributed by atoms with Gasteiger partial charge in [-0.3, -0.25) is 4.79 Å². The molecule has 4 rings (SSSR count). The van der Waals surface area contributed by atoms with E-state index in [1.54, 1.807) is 7.11 Å². The van der Waals surface area contributed by atoms with E-state index >= 15 is 0 Å². The van der Waals surface area contributed by atoms with Gasteiger partial charge in [-0.1, -0.05) is 19.1 Å². The number of hydrogen-bond donors (Lipinski definition) is 2. The van der Waals surface area contributed by atoms with Gasteiger partial charge in [0.1, 0.15) is 16.0 Å². The average Bonchev–Trinajstić information content (AvgIpc) is 2.85. The van der Waals surface area contributed by atoms with Crippen molar-refractivity contribution in [2.24, 2.45) is 0 Å². The Morgan fingerprint density at radius 1 is 1.14 bits per heavy atom. The topological polar surface area (TPSA) is 84.3 Å². The molecule has 3 aromatic rings. The Kier molecular flexibility index (Phi) is 11.6. The number of ether oxygens (including phenoxy) is 1. The van der Waals surface area contributed by atoms with Crippen molar-refractivity contribution in [2.75, 3.05) is 51.8 Å². The molecule has 1 aliphatic rings. The van der Waals surface area contributed by atoms with Crippen LogP contribution in [0.15, 0.2) is 33.7 Å². The fraction of sp³-hybridized carbons (Fsp3) is 0.458. The van der Waals surface area contributed by atoms with Crippen LogP contribution in [0.1, 0.15) is 23.9 Å². The quantitative estimate of drug-likeness (QED) is 0.378. The van der Waals surface area contributed by atoms with E-state index in [1.807, 2.05) is 19.2 Å². The largest absolute Gasteiger partial charge is 0.497 e. The van der Waals surface area contributed by atoms with Crippen molar-refractivity contribution in [1.82, 2.24) is 25.2 Å². The number of methoxy groups -OCH3 is 1. The van der Waals surface area contributed by atoms with Gasteiger partial charge in [-0.25, -0.2) is 9.97 Å². The number of aromatic nitrogens is 3. The number of nitrogens with one attached hydrogen (secondary N) is 2. The van der Waals surface area contributed by atoms with Gasteiger partial charge in [0.05, 0.1) is 12.8 Å². The summed E-state index contributed by atoms with van der Waals surface area (Å²) in [4.78, 5) is 25.6. The first kappa shape index (κ1) is 29.7. The summed E-state index contributed by atoms with van der Waals surface area (Å²) in [6.45, 7) is 6.79. The minimum absolute atomic E-state index is 0. The van der Waals surface area contributed by atoms with Gasteiger partial charge in [0.2, 0.25) is 5.43 Å². The monoisotopic (exact) mass is 674 g/mol. The summed E-state index contributed by atoms with van der Waals surface area (Å²) >= 11 is 3.56. The van der Waals surface area contributed by atoms with Crippen LogP contribution < -0.4 is 25.7 Å². The van der Waals surface area contributed by atoms with Crippen molar-refractivity contribution >= 4 is 66.7 Å². The molecule has 1 aromatic carbocycles. The molecular weight excluding hydrogens is 644 g/mol. The number of benzene rings is 1. The fourth-order valence-electron chi connectivity index (χ4n) is 4.34. The molecule has 0 spiro atoms. The lowest BCUT2D eigenvalue weighted by molar-refractivity contribution is 0.414. The highest BCUT2D eigenvalue weighted by molar-refractivity contribution is 9.10. The highest BCUT2D eigenvalue weighted by Crippen LogP contribution is 2.26. The number of fused-ring (bicyclic) bond motifs is 1. The molecule has 0 atom stereocenters. The zero-order valence-electron chi connectivity index (χ0n) is 20.3. The van der Waals surface area contributed by atoms with E-state index in [2.05, 4.69) is 55.1 Å². The normalized spacial score (nSPS) is 13.3. The Labute approximate surface area is 235 Å². The SMILES string of the molecule is Br.Br.CCc1c(N2CCNCC2)c(=O)c2nc(Br)c(CCNC)nc2n1Cc1ccc(OC)cc1. The summed E-state index contributed by atoms with van der Waals surface area (Å²) in [5.41, 5.74) is 4.73. The van der Waals surface area contributed by atoms with E-state index < -0.39 is 0 Å². The van der Waals surface area contributed by atoms with Crippen LogP contribution in [-0.2, 0) is 19.4 Å². The lowest BCUT2D eigenvalue weighted by atomic mass is 10.1. The first-order valence-electron chi connectivity index (χ1n) is 11.4. The maximum Gasteiger partial charge on any atom is 0.233 e. The third kappa shape index (κ3) is 6.43. The summed E-state index contributed by atoms with van der Waals surface area (Å²) in [5, 5.41) is 6.54. The molecule has 1 fully saturated rings. The maximum atomic E-state index is 13.7.